The van der Waals surface area contributed by atoms with Crippen LogP contribution in [0.1, 0.15) is 45.6 Å². The maximum absolute atomic E-state index is 13.3. The minimum Gasteiger partial charge on any atom is -0.497 e. The normalized spacial score (nSPS) is 12.9. The lowest BCUT2D eigenvalue weighted by Crippen LogP contribution is -2.49. The van der Waals surface area contributed by atoms with E-state index in [1.54, 1.807) is 50.4 Å². The van der Waals surface area contributed by atoms with Crippen molar-refractivity contribution in [1.29, 1.82) is 0 Å². The lowest BCUT2D eigenvalue weighted by atomic mass is 10.1. The van der Waals surface area contributed by atoms with E-state index in [9.17, 15) is 18.0 Å². The summed E-state index contributed by atoms with van der Waals surface area (Å²) in [6.45, 7) is 5.96. The molecular formula is C26H36ClN3O5S. The van der Waals surface area contributed by atoms with Crippen LogP contribution >= 0.6 is 11.6 Å². The number of amides is 2. The van der Waals surface area contributed by atoms with E-state index in [2.05, 4.69) is 5.32 Å². The Morgan fingerprint density at radius 1 is 1.06 bits per heavy atom. The summed E-state index contributed by atoms with van der Waals surface area (Å²) in [5.41, 5.74) is 1.33. The number of sulfonamides is 1. The predicted octanol–water partition coefficient (Wildman–Crippen LogP) is 4.23. The van der Waals surface area contributed by atoms with Crippen molar-refractivity contribution in [2.24, 2.45) is 0 Å². The van der Waals surface area contributed by atoms with Crippen LogP contribution in [-0.4, -0.2) is 57.1 Å². The topological polar surface area (TPSA) is 96.0 Å². The fourth-order valence-electron chi connectivity index (χ4n) is 3.59. The minimum atomic E-state index is -3.56. The van der Waals surface area contributed by atoms with Gasteiger partial charge in [0, 0.05) is 30.6 Å². The van der Waals surface area contributed by atoms with Crippen LogP contribution in [0.4, 0.5) is 5.69 Å². The second kappa shape index (κ2) is 13.5. The molecule has 0 bridgehead atoms. The SMILES string of the molecule is CC[C@@H](C)NC(=O)[C@H](C)N(Cc1ccc(OC)cc1)C(=O)CCCN(c1ccc(Cl)cc1)S(C)(=O)=O. The van der Waals surface area contributed by atoms with E-state index < -0.39 is 16.1 Å². The zero-order valence-electron chi connectivity index (χ0n) is 21.5. The van der Waals surface area contributed by atoms with Gasteiger partial charge in [0.25, 0.3) is 0 Å². The van der Waals surface area contributed by atoms with Gasteiger partial charge in [-0.2, -0.15) is 0 Å². The number of carbonyl (C=O) groups excluding carboxylic acids is 2. The minimum absolute atomic E-state index is 0.0133. The molecule has 0 unspecified atom stereocenters. The summed E-state index contributed by atoms with van der Waals surface area (Å²) in [5.74, 6) is 0.231. The molecule has 0 aliphatic heterocycles. The average Bonchev–Trinajstić information content (AvgIpc) is 2.84. The Labute approximate surface area is 219 Å². The van der Waals surface area contributed by atoms with E-state index in [1.165, 1.54) is 9.21 Å². The molecule has 36 heavy (non-hydrogen) atoms. The first-order chi connectivity index (χ1) is 17.0. The Morgan fingerprint density at radius 3 is 2.19 bits per heavy atom. The van der Waals surface area contributed by atoms with Gasteiger partial charge in [0.1, 0.15) is 11.8 Å². The van der Waals surface area contributed by atoms with Gasteiger partial charge in [0.2, 0.25) is 21.8 Å². The van der Waals surface area contributed by atoms with Gasteiger partial charge >= 0.3 is 0 Å². The van der Waals surface area contributed by atoms with E-state index >= 15 is 0 Å². The van der Waals surface area contributed by atoms with Gasteiger partial charge in [-0.05, 0) is 68.7 Å². The highest BCUT2D eigenvalue weighted by Gasteiger charge is 2.27. The molecule has 2 aromatic carbocycles. The van der Waals surface area contributed by atoms with Crippen LogP contribution in [0.25, 0.3) is 0 Å². The fourth-order valence-corrected chi connectivity index (χ4v) is 4.68. The number of ether oxygens (including phenoxy) is 1. The summed E-state index contributed by atoms with van der Waals surface area (Å²) in [6.07, 6.45) is 2.27. The standard InChI is InChI=1S/C26H36ClN3O5S/c1-6-19(2)28-26(32)20(3)29(18-21-9-15-24(35-4)16-10-21)25(31)8-7-17-30(36(5,33)34)23-13-11-22(27)12-14-23/h9-16,19-20H,6-8,17-18H2,1-5H3,(H,28,32)/t19-,20+/m1/s1. The Kier molecular flexibility index (Phi) is 11.0. The zero-order valence-corrected chi connectivity index (χ0v) is 23.1. The largest absolute Gasteiger partial charge is 0.497 e. The predicted molar refractivity (Wildman–Crippen MR) is 144 cm³/mol. The Morgan fingerprint density at radius 2 is 1.67 bits per heavy atom. The van der Waals surface area contributed by atoms with Crippen LogP contribution in [-0.2, 0) is 26.2 Å². The van der Waals surface area contributed by atoms with E-state index in [0.717, 1.165) is 18.2 Å². The summed E-state index contributed by atoms with van der Waals surface area (Å²) >= 11 is 5.93. The lowest BCUT2D eigenvalue weighted by molar-refractivity contribution is -0.140. The number of carbonyl (C=O) groups is 2. The molecule has 0 spiro atoms. The summed E-state index contributed by atoms with van der Waals surface area (Å²) < 4.78 is 31.2. The third kappa shape index (κ3) is 8.71. The molecule has 1 N–H and O–H groups in total. The Balaban J connectivity index is 2.17. The first-order valence-corrected chi connectivity index (χ1v) is 14.1. The second-order valence-corrected chi connectivity index (χ2v) is 11.1. The third-order valence-electron chi connectivity index (χ3n) is 5.95. The highest BCUT2D eigenvalue weighted by Crippen LogP contribution is 2.22. The number of methoxy groups -OCH3 is 1. The van der Waals surface area contributed by atoms with Crippen LogP contribution in [0.15, 0.2) is 48.5 Å². The summed E-state index contributed by atoms with van der Waals surface area (Å²) in [6, 6.07) is 13.1. The monoisotopic (exact) mass is 537 g/mol. The van der Waals surface area contributed by atoms with Crippen LogP contribution in [0.5, 0.6) is 5.75 Å². The van der Waals surface area contributed by atoms with Crippen molar-refractivity contribution in [1.82, 2.24) is 10.2 Å². The van der Waals surface area contributed by atoms with E-state index in [1.807, 2.05) is 26.0 Å². The fraction of sp³-hybridized carbons (Fsp3) is 0.462. The smallest absolute Gasteiger partial charge is 0.242 e. The second-order valence-electron chi connectivity index (χ2n) is 8.78. The maximum atomic E-state index is 13.3. The number of hydrogen-bond donors (Lipinski definition) is 1. The van der Waals surface area contributed by atoms with Crippen molar-refractivity contribution >= 4 is 39.1 Å². The molecule has 8 nitrogen and oxygen atoms in total. The molecule has 2 amide bonds. The molecule has 10 heteroatoms. The molecule has 0 saturated heterocycles. The van der Waals surface area contributed by atoms with E-state index in [0.29, 0.717) is 16.5 Å². The summed E-state index contributed by atoms with van der Waals surface area (Å²) in [4.78, 5) is 27.7. The molecule has 0 aliphatic rings. The Bertz CT molecular complexity index is 1110. The van der Waals surface area contributed by atoms with E-state index in [-0.39, 0.29) is 43.8 Å². The van der Waals surface area contributed by atoms with Gasteiger partial charge in [0.15, 0.2) is 0 Å². The van der Waals surface area contributed by atoms with Crippen LogP contribution < -0.4 is 14.4 Å². The molecule has 0 heterocycles. The molecule has 0 fully saturated rings. The van der Waals surface area contributed by atoms with Crippen molar-refractivity contribution in [2.45, 2.75) is 58.7 Å². The molecule has 198 valence electrons. The molecule has 2 aromatic rings. The first-order valence-electron chi connectivity index (χ1n) is 11.9. The van der Waals surface area contributed by atoms with Gasteiger partial charge in [-0.25, -0.2) is 8.42 Å². The van der Waals surface area contributed by atoms with Crippen molar-refractivity contribution in [3.63, 3.8) is 0 Å². The third-order valence-corrected chi connectivity index (χ3v) is 7.39. The number of benzene rings is 2. The molecule has 2 atom stereocenters. The number of rotatable bonds is 13. The number of nitrogens with zero attached hydrogens (tertiary/aromatic N) is 2. The van der Waals surface area contributed by atoms with Crippen molar-refractivity contribution in [3.8, 4) is 5.75 Å². The quantitative estimate of drug-likeness (QED) is 0.412. The summed E-state index contributed by atoms with van der Waals surface area (Å²) in [7, 11) is -1.98. The molecule has 0 aromatic heterocycles. The number of anilines is 1. The van der Waals surface area contributed by atoms with Crippen LogP contribution in [0.3, 0.4) is 0 Å². The summed E-state index contributed by atoms with van der Waals surface area (Å²) in [5, 5.41) is 3.44. The van der Waals surface area contributed by atoms with Crippen molar-refractivity contribution in [2.75, 3.05) is 24.2 Å². The van der Waals surface area contributed by atoms with Crippen LogP contribution in [0.2, 0.25) is 5.02 Å². The van der Waals surface area contributed by atoms with Crippen molar-refractivity contribution in [3.05, 3.63) is 59.1 Å². The van der Waals surface area contributed by atoms with Gasteiger partial charge in [0.05, 0.1) is 19.1 Å². The lowest BCUT2D eigenvalue weighted by Gasteiger charge is -2.30. The number of hydrogen-bond acceptors (Lipinski definition) is 5. The van der Waals surface area contributed by atoms with Gasteiger partial charge in [-0.15, -0.1) is 0 Å². The first kappa shape index (κ1) is 29.5. The average molecular weight is 538 g/mol. The Hall–Kier alpha value is -2.78. The molecule has 0 aliphatic carbocycles. The molecule has 0 saturated carbocycles. The zero-order chi connectivity index (χ0) is 26.9. The van der Waals surface area contributed by atoms with E-state index in [4.69, 9.17) is 16.3 Å². The molecular weight excluding hydrogens is 502 g/mol. The van der Waals surface area contributed by atoms with Gasteiger partial charge in [-0.1, -0.05) is 30.7 Å². The number of nitrogens with one attached hydrogen (secondary N) is 1. The maximum Gasteiger partial charge on any atom is 0.242 e. The highest BCUT2D eigenvalue weighted by atomic mass is 35.5. The van der Waals surface area contributed by atoms with Gasteiger partial charge < -0.3 is 15.0 Å². The molecule has 0 radical (unpaired) electrons. The van der Waals surface area contributed by atoms with Crippen LogP contribution in [0, 0.1) is 0 Å². The molecule has 2 rings (SSSR count). The van der Waals surface area contributed by atoms with Gasteiger partial charge in [-0.3, -0.25) is 13.9 Å². The highest BCUT2D eigenvalue weighted by molar-refractivity contribution is 7.92. The number of halogens is 1. The van der Waals surface area contributed by atoms with Crippen molar-refractivity contribution < 1.29 is 22.7 Å².